The summed E-state index contributed by atoms with van der Waals surface area (Å²) in [5.74, 6) is 0.971. The Morgan fingerprint density at radius 3 is 2.94 bits per heavy atom. The van der Waals surface area contributed by atoms with Crippen LogP contribution in [0.25, 0.3) is 11.4 Å². The van der Waals surface area contributed by atoms with E-state index in [-0.39, 0.29) is 0 Å². The van der Waals surface area contributed by atoms with Gasteiger partial charge in [0.25, 0.3) is 0 Å². The van der Waals surface area contributed by atoms with Crippen LogP contribution in [0, 0.1) is 0 Å². The summed E-state index contributed by atoms with van der Waals surface area (Å²) in [5, 5.41) is 3.14. The van der Waals surface area contributed by atoms with Crippen molar-refractivity contribution in [3.8, 4) is 11.4 Å². The lowest BCUT2D eigenvalue weighted by molar-refractivity contribution is 0.740. The Labute approximate surface area is 95.4 Å². The minimum absolute atomic E-state index is 0.964. The lowest BCUT2D eigenvalue weighted by atomic mass is 10.2. The third-order valence-electron chi connectivity index (χ3n) is 2.64. The molecule has 0 aromatic carbocycles. The van der Waals surface area contributed by atoms with Crippen molar-refractivity contribution in [1.82, 2.24) is 19.9 Å². The zero-order chi connectivity index (χ0) is 11.4. The number of imidazole rings is 1. The molecule has 2 aromatic rings. The Hall–Kier alpha value is -1.68. The SMILES string of the molecule is CNCCc1cnc(-c2cccnc2)n1C. The maximum Gasteiger partial charge on any atom is 0.141 e. The predicted octanol–water partition coefficient (Wildman–Crippen LogP) is 1.24. The molecular formula is C12H16N4. The van der Waals surface area contributed by atoms with Crippen molar-refractivity contribution in [2.45, 2.75) is 6.42 Å². The zero-order valence-electron chi connectivity index (χ0n) is 9.64. The fourth-order valence-corrected chi connectivity index (χ4v) is 1.69. The topological polar surface area (TPSA) is 42.7 Å². The summed E-state index contributed by atoms with van der Waals surface area (Å²) in [6.07, 6.45) is 6.53. The minimum atomic E-state index is 0.964. The van der Waals surface area contributed by atoms with Crippen LogP contribution < -0.4 is 5.32 Å². The van der Waals surface area contributed by atoms with E-state index in [1.54, 1.807) is 6.20 Å². The summed E-state index contributed by atoms with van der Waals surface area (Å²) in [5.41, 5.74) is 2.29. The molecule has 0 aliphatic carbocycles. The highest BCUT2D eigenvalue weighted by Crippen LogP contribution is 2.17. The summed E-state index contributed by atoms with van der Waals surface area (Å²) < 4.78 is 2.12. The monoisotopic (exact) mass is 216 g/mol. The molecule has 16 heavy (non-hydrogen) atoms. The molecule has 0 radical (unpaired) electrons. The van der Waals surface area contributed by atoms with Gasteiger partial charge < -0.3 is 9.88 Å². The summed E-state index contributed by atoms with van der Waals surface area (Å²) in [4.78, 5) is 8.54. The molecule has 0 unspecified atom stereocenters. The van der Waals surface area contributed by atoms with Crippen molar-refractivity contribution in [3.05, 3.63) is 36.4 Å². The highest BCUT2D eigenvalue weighted by atomic mass is 15.1. The average Bonchev–Trinajstić information content (AvgIpc) is 2.69. The smallest absolute Gasteiger partial charge is 0.141 e. The molecule has 4 heteroatoms. The van der Waals surface area contributed by atoms with Crippen LogP contribution >= 0.6 is 0 Å². The van der Waals surface area contributed by atoms with Gasteiger partial charge in [-0.05, 0) is 19.2 Å². The van der Waals surface area contributed by atoms with Gasteiger partial charge in [-0.1, -0.05) is 0 Å². The largest absolute Gasteiger partial charge is 0.331 e. The van der Waals surface area contributed by atoms with E-state index < -0.39 is 0 Å². The highest BCUT2D eigenvalue weighted by molar-refractivity contribution is 5.54. The van der Waals surface area contributed by atoms with Crippen molar-refractivity contribution in [2.24, 2.45) is 7.05 Å². The standard InChI is InChI=1S/C12H16N4/c1-13-7-5-11-9-15-12(16(11)2)10-4-3-6-14-8-10/h3-4,6,8-9,13H,5,7H2,1-2H3. The van der Waals surface area contributed by atoms with Crippen molar-refractivity contribution in [1.29, 1.82) is 0 Å². The number of pyridine rings is 1. The molecule has 2 aromatic heterocycles. The number of hydrogen-bond acceptors (Lipinski definition) is 3. The molecule has 84 valence electrons. The molecule has 4 nitrogen and oxygen atoms in total. The van der Waals surface area contributed by atoms with Crippen molar-refractivity contribution >= 4 is 0 Å². The molecule has 0 fully saturated rings. The Morgan fingerprint density at radius 2 is 2.25 bits per heavy atom. The van der Waals surface area contributed by atoms with Gasteiger partial charge >= 0.3 is 0 Å². The number of likely N-dealkylation sites (N-methyl/N-ethyl adjacent to an activating group) is 1. The van der Waals surface area contributed by atoms with Crippen molar-refractivity contribution in [2.75, 3.05) is 13.6 Å². The van der Waals surface area contributed by atoms with Gasteiger partial charge in [-0.3, -0.25) is 4.98 Å². The predicted molar refractivity (Wildman–Crippen MR) is 64.1 cm³/mol. The lowest BCUT2D eigenvalue weighted by Gasteiger charge is -2.05. The molecular weight excluding hydrogens is 200 g/mol. The molecule has 2 rings (SSSR count). The summed E-state index contributed by atoms with van der Waals surface area (Å²) in [6.45, 7) is 0.964. The van der Waals surface area contributed by atoms with E-state index in [4.69, 9.17) is 0 Å². The maximum atomic E-state index is 4.43. The summed E-state index contributed by atoms with van der Waals surface area (Å²) in [7, 11) is 4.00. The van der Waals surface area contributed by atoms with E-state index in [0.29, 0.717) is 0 Å². The van der Waals surface area contributed by atoms with Crippen LogP contribution in [0.15, 0.2) is 30.7 Å². The van der Waals surface area contributed by atoms with Gasteiger partial charge in [0.15, 0.2) is 0 Å². The summed E-state index contributed by atoms with van der Waals surface area (Å²) >= 11 is 0. The molecule has 0 spiro atoms. The van der Waals surface area contributed by atoms with Gasteiger partial charge in [-0.2, -0.15) is 0 Å². The number of hydrogen-bond donors (Lipinski definition) is 1. The van der Waals surface area contributed by atoms with Crippen LogP contribution in [0.4, 0.5) is 0 Å². The first kappa shape index (κ1) is 10.8. The number of aromatic nitrogens is 3. The van der Waals surface area contributed by atoms with Gasteiger partial charge in [0.05, 0.1) is 0 Å². The van der Waals surface area contributed by atoms with Crippen LogP contribution in [0.5, 0.6) is 0 Å². The molecule has 0 saturated heterocycles. The number of rotatable bonds is 4. The first-order valence-electron chi connectivity index (χ1n) is 5.38. The van der Waals surface area contributed by atoms with E-state index in [9.17, 15) is 0 Å². The Morgan fingerprint density at radius 1 is 1.38 bits per heavy atom. The molecule has 0 bridgehead atoms. The average molecular weight is 216 g/mol. The molecule has 0 aliphatic rings. The second-order valence-electron chi connectivity index (χ2n) is 3.73. The zero-order valence-corrected chi connectivity index (χ0v) is 9.64. The van der Waals surface area contributed by atoms with E-state index in [1.165, 1.54) is 5.69 Å². The quantitative estimate of drug-likeness (QED) is 0.836. The second-order valence-corrected chi connectivity index (χ2v) is 3.73. The molecule has 0 amide bonds. The van der Waals surface area contributed by atoms with Crippen LogP contribution in [0.3, 0.4) is 0 Å². The lowest BCUT2D eigenvalue weighted by Crippen LogP contribution is -2.12. The van der Waals surface area contributed by atoms with E-state index in [0.717, 1.165) is 24.4 Å². The molecule has 2 heterocycles. The van der Waals surface area contributed by atoms with Crippen molar-refractivity contribution < 1.29 is 0 Å². The van der Waals surface area contributed by atoms with E-state index in [1.807, 2.05) is 38.6 Å². The minimum Gasteiger partial charge on any atom is -0.331 e. The van der Waals surface area contributed by atoms with Gasteiger partial charge in [-0.15, -0.1) is 0 Å². The van der Waals surface area contributed by atoms with Crippen LogP contribution in [-0.4, -0.2) is 28.1 Å². The first-order valence-corrected chi connectivity index (χ1v) is 5.38. The van der Waals surface area contributed by atoms with E-state index in [2.05, 4.69) is 19.9 Å². The van der Waals surface area contributed by atoms with Gasteiger partial charge in [0.2, 0.25) is 0 Å². The Balaban J connectivity index is 2.27. The van der Waals surface area contributed by atoms with Crippen LogP contribution in [0.2, 0.25) is 0 Å². The van der Waals surface area contributed by atoms with Gasteiger partial charge in [0.1, 0.15) is 5.82 Å². The van der Waals surface area contributed by atoms with Crippen molar-refractivity contribution in [3.63, 3.8) is 0 Å². The summed E-state index contributed by atoms with van der Waals surface area (Å²) in [6, 6.07) is 3.95. The molecule has 0 saturated carbocycles. The third-order valence-corrected chi connectivity index (χ3v) is 2.64. The molecule has 0 atom stereocenters. The van der Waals surface area contributed by atoms with Gasteiger partial charge in [0, 0.05) is 49.9 Å². The fraction of sp³-hybridized carbons (Fsp3) is 0.333. The highest BCUT2D eigenvalue weighted by Gasteiger charge is 2.07. The van der Waals surface area contributed by atoms with Crippen LogP contribution in [0.1, 0.15) is 5.69 Å². The maximum absolute atomic E-state index is 4.43. The first-order chi connectivity index (χ1) is 7.83. The second kappa shape index (κ2) is 4.90. The number of nitrogens with zero attached hydrogens (tertiary/aromatic N) is 3. The third kappa shape index (κ3) is 2.12. The fourth-order valence-electron chi connectivity index (χ4n) is 1.69. The van der Waals surface area contributed by atoms with Gasteiger partial charge in [-0.25, -0.2) is 4.98 Å². The van der Waals surface area contributed by atoms with Crippen LogP contribution in [-0.2, 0) is 13.5 Å². The molecule has 0 aliphatic heterocycles. The Kier molecular flexibility index (Phi) is 3.31. The van der Waals surface area contributed by atoms with E-state index >= 15 is 0 Å². The number of nitrogens with one attached hydrogen (secondary N) is 1. The molecule has 1 N–H and O–H groups in total. The normalized spacial score (nSPS) is 10.6. The Bertz CT molecular complexity index is 447.